The maximum atomic E-state index is 12.0. The van der Waals surface area contributed by atoms with Gasteiger partial charge in [0, 0.05) is 27.3 Å². The van der Waals surface area contributed by atoms with Crippen LogP contribution in [-0.2, 0) is 14.3 Å². The molecule has 1 heterocycles. The minimum atomic E-state index is -0.874. The molecule has 2 amide bonds. The van der Waals surface area contributed by atoms with Gasteiger partial charge in [0.05, 0.1) is 12.1 Å². The average Bonchev–Trinajstić information content (AvgIpc) is 2.28. The van der Waals surface area contributed by atoms with Crippen LogP contribution < -0.4 is 11.1 Å². The minimum absolute atomic E-state index is 0.0368. The smallest absolute Gasteiger partial charge is 0.243 e. The number of nitrogens with one attached hydrogen (secondary N) is 1. The highest BCUT2D eigenvalue weighted by atomic mass is 16.5. The third-order valence-corrected chi connectivity index (χ3v) is 2.82. The average molecular weight is 229 g/mol. The number of rotatable bonds is 3. The maximum Gasteiger partial charge on any atom is 0.243 e. The zero-order valence-electron chi connectivity index (χ0n) is 9.78. The van der Waals surface area contributed by atoms with E-state index in [0.717, 1.165) is 0 Å². The first-order valence-corrected chi connectivity index (χ1v) is 5.32. The van der Waals surface area contributed by atoms with Crippen molar-refractivity contribution in [3.63, 3.8) is 0 Å². The Morgan fingerprint density at radius 3 is 2.50 bits per heavy atom. The fourth-order valence-electron chi connectivity index (χ4n) is 1.70. The largest absolute Gasteiger partial charge is 0.381 e. The van der Waals surface area contributed by atoms with Gasteiger partial charge in [-0.25, -0.2) is 0 Å². The predicted molar refractivity (Wildman–Crippen MR) is 58.7 cm³/mol. The number of carbonyl (C=O) groups is 2. The molecule has 92 valence electrons. The second-order valence-corrected chi connectivity index (χ2v) is 4.10. The van der Waals surface area contributed by atoms with Gasteiger partial charge >= 0.3 is 0 Å². The molecule has 16 heavy (non-hydrogen) atoms. The monoisotopic (exact) mass is 229 g/mol. The highest BCUT2D eigenvalue weighted by Gasteiger charge is 2.38. The van der Waals surface area contributed by atoms with E-state index in [1.807, 2.05) is 0 Å². The van der Waals surface area contributed by atoms with Crippen molar-refractivity contribution in [2.45, 2.75) is 18.4 Å². The Balaban J connectivity index is 2.58. The first-order chi connectivity index (χ1) is 7.49. The lowest BCUT2D eigenvalue weighted by atomic mass is 9.90. The highest BCUT2D eigenvalue weighted by Crippen LogP contribution is 2.19. The Morgan fingerprint density at radius 2 is 2.00 bits per heavy atom. The van der Waals surface area contributed by atoms with Crippen LogP contribution in [0, 0.1) is 0 Å². The van der Waals surface area contributed by atoms with Crippen LogP contribution in [0.25, 0.3) is 0 Å². The van der Waals surface area contributed by atoms with E-state index in [4.69, 9.17) is 10.5 Å². The van der Waals surface area contributed by atoms with Crippen LogP contribution in [0.1, 0.15) is 12.8 Å². The molecule has 0 radical (unpaired) electrons. The molecule has 0 aromatic heterocycles. The van der Waals surface area contributed by atoms with Crippen molar-refractivity contribution < 1.29 is 14.3 Å². The molecule has 1 rings (SSSR count). The van der Waals surface area contributed by atoms with Crippen molar-refractivity contribution >= 4 is 11.8 Å². The molecule has 0 spiro atoms. The summed E-state index contributed by atoms with van der Waals surface area (Å²) in [5.41, 5.74) is 5.14. The second kappa shape index (κ2) is 5.27. The summed E-state index contributed by atoms with van der Waals surface area (Å²) in [4.78, 5) is 24.5. The Kier molecular flexibility index (Phi) is 4.26. The fourth-order valence-corrected chi connectivity index (χ4v) is 1.70. The van der Waals surface area contributed by atoms with Gasteiger partial charge < -0.3 is 20.7 Å². The Labute approximate surface area is 95.1 Å². The van der Waals surface area contributed by atoms with Crippen molar-refractivity contribution in [1.82, 2.24) is 10.2 Å². The number of amides is 2. The van der Waals surface area contributed by atoms with Crippen LogP contribution in [0.3, 0.4) is 0 Å². The lowest BCUT2D eigenvalue weighted by Crippen LogP contribution is -2.58. The maximum absolute atomic E-state index is 12.0. The van der Waals surface area contributed by atoms with Crippen LogP contribution in [0.2, 0.25) is 0 Å². The Morgan fingerprint density at radius 1 is 1.44 bits per heavy atom. The van der Waals surface area contributed by atoms with E-state index in [2.05, 4.69) is 5.32 Å². The molecule has 1 saturated heterocycles. The van der Waals surface area contributed by atoms with Crippen LogP contribution in [0.15, 0.2) is 0 Å². The van der Waals surface area contributed by atoms with E-state index in [-0.39, 0.29) is 18.4 Å². The van der Waals surface area contributed by atoms with Gasteiger partial charge in [0.15, 0.2) is 0 Å². The lowest BCUT2D eigenvalue weighted by Gasteiger charge is -2.34. The molecule has 0 aliphatic carbocycles. The number of ether oxygens (including phenoxy) is 1. The Hall–Kier alpha value is -1.14. The van der Waals surface area contributed by atoms with Crippen molar-refractivity contribution in [3.05, 3.63) is 0 Å². The van der Waals surface area contributed by atoms with Crippen molar-refractivity contribution in [1.29, 1.82) is 0 Å². The lowest BCUT2D eigenvalue weighted by molar-refractivity contribution is -0.142. The van der Waals surface area contributed by atoms with E-state index >= 15 is 0 Å². The molecule has 1 fully saturated rings. The topological polar surface area (TPSA) is 84.7 Å². The number of carbonyl (C=O) groups excluding carboxylic acids is 2. The molecule has 0 saturated carbocycles. The third kappa shape index (κ3) is 2.93. The van der Waals surface area contributed by atoms with E-state index in [9.17, 15) is 9.59 Å². The van der Waals surface area contributed by atoms with Gasteiger partial charge in [-0.3, -0.25) is 9.59 Å². The summed E-state index contributed by atoms with van der Waals surface area (Å²) in [7, 11) is 3.12. The molecule has 6 heteroatoms. The molecular weight excluding hydrogens is 210 g/mol. The Bertz CT molecular complexity index is 274. The van der Waals surface area contributed by atoms with E-state index < -0.39 is 5.54 Å². The molecule has 3 N–H and O–H groups in total. The molecule has 0 atom stereocenters. The van der Waals surface area contributed by atoms with E-state index in [1.54, 1.807) is 7.05 Å². The second-order valence-electron chi connectivity index (χ2n) is 4.10. The van der Waals surface area contributed by atoms with Crippen LogP contribution in [0.4, 0.5) is 0 Å². The fraction of sp³-hybridized carbons (Fsp3) is 0.800. The van der Waals surface area contributed by atoms with Gasteiger partial charge in [-0.05, 0) is 12.8 Å². The predicted octanol–water partition coefficient (Wildman–Crippen LogP) is -1.30. The van der Waals surface area contributed by atoms with Crippen molar-refractivity contribution in [2.75, 3.05) is 33.9 Å². The first kappa shape index (κ1) is 12.9. The quantitative estimate of drug-likeness (QED) is 0.630. The number of nitrogens with two attached hydrogens (primary N) is 1. The molecular formula is C10H19N3O3. The zero-order chi connectivity index (χ0) is 12.2. The highest BCUT2D eigenvalue weighted by molar-refractivity contribution is 5.90. The number of hydrogen-bond donors (Lipinski definition) is 2. The van der Waals surface area contributed by atoms with Crippen LogP contribution in [-0.4, -0.2) is 56.1 Å². The normalized spacial score (nSPS) is 18.9. The SMILES string of the molecule is CNC(=O)CN(C)C(=O)C1(N)CCOCC1. The van der Waals surface area contributed by atoms with Crippen molar-refractivity contribution in [3.8, 4) is 0 Å². The summed E-state index contributed by atoms with van der Waals surface area (Å²) < 4.78 is 5.17. The molecule has 0 aromatic rings. The van der Waals surface area contributed by atoms with Gasteiger partial charge in [-0.2, -0.15) is 0 Å². The minimum Gasteiger partial charge on any atom is -0.381 e. The third-order valence-electron chi connectivity index (χ3n) is 2.82. The standard InChI is InChI=1S/C10H19N3O3/c1-12-8(14)7-13(2)9(15)10(11)3-5-16-6-4-10/h3-7,11H2,1-2H3,(H,12,14). The zero-order valence-corrected chi connectivity index (χ0v) is 9.78. The number of hydrogen-bond acceptors (Lipinski definition) is 4. The van der Waals surface area contributed by atoms with Crippen molar-refractivity contribution in [2.24, 2.45) is 5.73 Å². The van der Waals surface area contributed by atoms with Crippen LogP contribution in [0.5, 0.6) is 0 Å². The van der Waals surface area contributed by atoms with E-state index in [1.165, 1.54) is 11.9 Å². The molecule has 6 nitrogen and oxygen atoms in total. The summed E-state index contributed by atoms with van der Waals surface area (Å²) in [6.45, 7) is 1.03. The summed E-state index contributed by atoms with van der Waals surface area (Å²) in [5, 5.41) is 2.47. The number of likely N-dealkylation sites (N-methyl/N-ethyl adjacent to an activating group) is 2. The summed E-state index contributed by atoms with van der Waals surface area (Å²) in [5.74, 6) is -0.397. The van der Waals surface area contributed by atoms with Gasteiger partial charge in [-0.1, -0.05) is 0 Å². The van der Waals surface area contributed by atoms with Crippen LogP contribution >= 0.6 is 0 Å². The number of nitrogens with zero attached hydrogens (tertiary/aromatic N) is 1. The molecule has 0 bridgehead atoms. The van der Waals surface area contributed by atoms with Gasteiger partial charge in [0.25, 0.3) is 0 Å². The van der Waals surface area contributed by atoms with E-state index in [0.29, 0.717) is 26.1 Å². The summed E-state index contributed by atoms with van der Waals surface area (Å²) in [6.07, 6.45) is 1.01. The van der Waals surface area contributed by atoms with Gasteiger partial charge in [0.1, 0.15) is 0 Å². The molecule has 1 aliphatic heterocycles. The summed E-state index contributed by atoms with van der Waals surface area (Å²) in [6, 6.07) is 0. The summed E-state index contributed by atoms with van der Waals surface area (Å²) >= 11 is 0. The molecule has 0 unspecified atom stereocenters. The molecule has 1 aliphatic rings. The van der Waals surface area contributed by atoms with Gasteiger partial charge in [0.2, 0.25) is 11.8 Å². The first-order valence-electron chi connectivity index (χ1n) is 5.32. The molecule has 0 aromatic carbocycles. The van der Waals surface area contributed by atoms with Gasteiger partial charge in [-0.15, -0.1) is 0 Å².